The van der Waals surface area contributed by atoms with Gasteiger partial charge in [-0.3, -0.25) is 9.35 Å². The monoisotopic (exact) mass is 333 g/mol. The smallest absolute Gasteiger partial charge is 0.440 e. The van der Waals surface area contributed by atoms with Crippen LogP contribution in [0.4, 0.5) is 5.88 Å². The van der Waals surface area contributed by atoms with E-state index >= 15 is 0 Å². The molecule has 3 rings (SSSR count). The van der Waals surface area contributed by atoms with Crippen molar-refractivity contribution in [2.45, 2.75) is 0 Å². The van der Waals surface area contributed by atoms with Crippen molar-refractivity contribution in [2.75, 3.05) is 5.73 Å². The molecule has 3 aromatic rings. The van der Waals surface area contributed by atoms with Gasteiger partial charge in [0, 0.05) is 0 Å². The van der Waals surface area contributed by atoms with Gasteiger partial charge in [-0.1, -0.05) is 36.4 Å². The molecule has 118 valence electrons. The Morgan fingerprint density at radius 2 is 1.74 bits per heavy atom. The third-order valence-corrected chi connectivity index (χ3v) is 3.56. The fraction of sp³-hybridized carbons (Fsp3) is 0. The lowest BCUT2D eigenvalue weighted by atomic mass is 10.0. The summed E-state index contributed by atoms with van der Waals surface area (Å²) in [6.07, 6.45) is 0. The summed E-state index contributed by atoms with van der Waals surface area (Å²) < 4.78 is 40.6. The summed E-state index contributed by atoms with van der Waals surface area (Å²) in [5, 5.41) is -0.127. The van der Waals surface area contributed by atoms with E-state index in [0.717, 1.165) is 0 Å². The average molecular weight is 333 g/mol. The molecular formula is C15H11NO6S. The SMILES string of the molecule is Nc1oc2cccc(OS(=O)(=O)O)c2c(=O)c1-c1ccccc1. The van der Waals surface area contributed by atoms with E-state index in [9.17, 15) is 13.2 Å². The number of hydrogen-bond donors (Lipinski definition) is 2. The third kappa shape index (κ3) is 2.89. The first-order chi connectivity index (χ1) is 10.9. The quantitative estimate of drug-likeness (QED) is 0.705. The Labute approximate surface area is 130 Å². The van der Waals surface area contributed by atoms with E-state index in [1.54, 1.807) is 30.3 Å². The van der Waals surface area contributed by atoms with Crippen molar-refractivity contribution in [3.8, 4) is 16.9 Å². The maximum absolute atomic E-state index is 12.8. The molecule has 0 bridgehead atoms. The van der Waals surface area contributed by atoms with E-state index in [1.165, 1.54) is 18.2 Å². The Morgan fingerprint density at radius 3 is 2.39 bits per heavy atom. The van der Waals surface area contributed by atoms with Gasteiger partial charge in [0.2, 0.25) is 11.3 Å². The third-order valence-electron chi connectivity index (χ3n) is 3.17. The molecule has 2 aromatic carbocycles. The highest BCUT2D eigenvalue weighted by atomic mass is 32.3. The van der Waals surface area contributed by atoms with E-state index in [2.05, 4.69) is 4.18 Å². The highest BCUT2D eigenvalue weighted by Crippen LogP contribution is 2.30. The molecule has 0 amide bonds. The molecule has 23 heavy (non-hydrogen) atoms. The van der Waals surface area contributed by atoms with Crippen molar-refractivity contribution in [3.05, 3.63) is 58.8 Å². The summed E-state index contributed by atoms with van der Waals surface area (Å²) in [4.78, 5) is 12.8. The summed E-state index contributed by atoms with van der Waals surface area (Å²) in [5.74, 6) is -0.436. The van der Waals surface area contributed by atoms with Crippen molar-refractivity contribution < 1.29 is 21.6 Å². The van der Waals surface area contributed by atoms with Crippen LogP contribution in [0.1, 0.15) is 0 Å². The van der Waals surface area contributed by atoms with Crippen LogP contribution in [0.25, 0.3) is 22.1 Å². The number of nitrogens with two attached hydrogens (primary N) is 1. The average Bonchev–Trinajstić information content (AvgIpc) is 2.46. The van der Waals surface area contributed by atoms with Gasteiger partial charge in [0.15, 0.2) is 5.75 Å². The van der Waals surface area contributed by atoms with Crippen molar-refractivity contribution in [1.82, 2.24) is 0 Å². The van der Waals surface area contributed by atoms with E-state index in [0.29, 0.717) is 5.56 Å². The fourth-order valence-electron chi connectivity index (χ4n) is 2.29. The standard InChI is InChI=1S/C15H11NO6S/c16-15-12(9-5-2-1-3-6-9)14(17)13-10(21-15)7-4-8-11(13)22-23(18,19)20/h1-8H,16H2,(H,18,19,20). The van der Waals surface area contributed by atoms with Crippen molar-refractivity contribution in [2.24, 2.45) is 0 Å². The topological polar surface area (TPSA) is 120 Å². The van der Waals surface area contributed by atoms with E-state index in [4.69, 9.17) is 14.7 Å². The van der Waals surface area contributed by atoms with Crippen molar-refractivity contribution in [3.63, 3.8) is 0 Å². The molecule has 3 N–H and O–H groups in total. The van der Waals surface area contributed by atoms with Crippen LogP contribution in [0.15, 0.2) is 57.7 Å². The number of anilines is 1. The minimum absolute atomic E-state index is 0.0494. The predicted octanol–water partition coefficient (Wildman–Crippen LogP) is 2.22. The molecule has 0 aliphatic rings. The second-order valence-corrected chi connectivity index (χ2v) is 5.70. The molecule has 0 radical (unpaired) electrons. The van der Waals surface area contributed by atoms with Gasteiger partial charge in [-0.25, -0.2) is 0 Å². The van der Waals surface area contributed by atoms with Gasteiger partial charge in [0.25, 0.3) is 0 Å². The highest BCUT2D eigenvalue weighted by molar-refractivity contribution is 7.81. The maximum Gasteiger partial charge on any atom is 0.446 e. The van der Waals surface area contributed by atoms with Crippen LogP contribution in [0.2, 0.25) is 0 Å². The summed E-state index contributed by atoms with van der Waals surface area (Å²) in [7, 11) is -4.78. The molecule has 0 aliphatic heterocycles. The first-order valence-electron chi connectivity index (χ1n) is 6.44. The molecule has 0 aliphatic carbocycles. The Kier molecular flexibility index (Phi) is 3.55. The van der Waals surface area contributed by atoms with Crippen LogP contribution in [0.3, 0.4) is 0 Å². The van der Waals surface area contributed by atoms with Gasteiger partial charge < -0.3 is 14.3 Å². The zero-order chi connectivity index (χ0) is 16.6. The van der Waals surface area contributed by atoms with Gasteiger partial charge >= 0.3 is 10.4 Å². The molecule has 0 fully saturated rings. The lowest BCUT2D eigenvalue weighted by Gasteiger charge is -2.09. The van der Waals surface area contributed by atoms with Gasteiger partial charge in [-0.05, 0) is 17.7 Å². The van der Waals surface area contributed by atoms with Crippen LogP contribution >= 0.6 is 0 Å². The Hall–Kier alpha value is -2.84. The first-order valence-corrected chi connectivity index (χ1v) is 7.81. The summed E-state index contributed by atoms with van der Waals surface area (Å²) in [5.41, 5.74) is 5.91. The molecule has 0 unspecified atom stereocenters. The second kappa shape index (κ2) is 5.41. The van der Waals surface area contributed by atoms with Crippen LogP contribution in [0, 0.1) is 0 Å². The molecule has 0 saturated carbocycles. The lowest BCUT2D eigenvalue weighted by molar-refractivity contribution is 0.388. The molecule has 1 aromatic heterocycles. The number of benzene rings is 2. The van der Waals surface area contributed by atoms with Crippen molar-refractivity contribution >= 4 is 27.3 Å². The normalized spacial score (nSPS) is 11.5. The Bertz CT molecular complexity index is 1040. The van der Waals surface area contributed by atoms with Crippen molar-refractivity contribution in [1.29, 1.82) is 0 Å². The number of rotatable bonds is 3. The molecule has 0 atom stereocenters. The van der Waals surface area contributed by atoms with E-state index in [-0.39, 0.29) is 28.2 Å². The van der Waals surface area contributed by atoms with Crippen LogP contribution in [0.5, 0.6) is 5.75 Å². The van der Waals surface area contributed by atoms with Crippen LogP contribution in [-0.2, 0) is 10.4 Å². The first kappa shape index (κ1) is 15.1. The summed E-state index contributed by atoms with van der Waals surface area (Å²) in [6.45, 7) is 0. The summed E-state index contributed by atoms with van der Waals surface area (Å²) >= 11 is 0. The fourth-order valence-corrected chi connectivity index (χ4v) is 2.65. The summed E-state index contributed by atoms with van der Waals surface area (Å²) in [6, 6.07) is 12.6. The van der Waals surface area contributed by atoms with E-state index in [1.807, 2.05) is 0 Å². The minimum Gasteiger partial charge on any atom is -0.440 e. The Balaban J connectivity index is 2.37. The largest absolute Gasteiger partial charge is 0.446 e. The Morgan fingerprint density at radius 1 is 1.04 bits per heavy atom. The minimum atomic E-state index is -4.78. The van der Waals surface area contributed by atoms with Gasteiger partial charge in [-0.2, -0.15) is 8.42 Å². The lowest BCUT2D eigenvalue weighted by Crippen LogP contribution is -2.13. The number of hydrogen-bond acceptors (Lipinski definition) is 6. The molecule has 8 heteroatoms. The zero-order valence-corrected chi connectivity index (χ0v) is 12.4. The predicted molar refractivity (Wildman–Crippen MR) is 84.5 cm³/mol. The van der Waals surface area contributed by atoms with Gasteiger partial charge in [0.05, 0.1) is 5.56 Å². The van der Waals surface area contributed by atoms with E-state index < -0.39 is 15.8 Å². The van der Waals surface area contributed by atoms with Crippen LogP contribution < -0.4 is 15.3 Å². The van der Waals surface area contributed by atoms with Crippen LogP contribution in [-0.4, -0.2) is 13.0 Å². The molecule has 7 nitrogen and oxygen atoms in total. The molecular weight excluding hydrogens is 322 g/mol. The number of nitrogen functional groups attached to an aromatic ring is 1. The highest BCUT2D eigenvalue weighted by Gasteiger charge is 2.19. The van der Waals surface area contributed by atoms with Gasteiger partial charge in [0.1, 0.15) is 11.0 Å². The van der Waals surface area contributed by atoms with Gasteiger partial charge in [-0.15, -0.1) is 0 Å². The maximum atomic E-state index is 12.8. The molecule has 0 spiro atoms. The zero-order valence-electron chi connectivity index (χ0n) is 11.6. The molecule has 0 saturated heterocycles. The number of fused-ring (bicyclic) bond motifs is 1. The second-order valence-electron chi connectivity index (χ2n) is 4.68. The molecule has 1 heterocycles.